The molecule has 0 saturated carbocycles. The van der Waals surface area contributed by atoms with Crippen LogP contribution in [0.25, 0.3) is 0 Å². The van der Waals surface area contributed by atoms with Crippen LogP contribution in [0.2, 0.25) is 0 Å². The van der Waals surface area contributed by atoms with Gasteiger partial charge in [0.25, 0.3) is 0 Å². The minimum absolute atomic E-state index is 0.118. The Morgan fingerprint density at radius 3 is 2.29 bits per heavy atom. The molecule has 0 aliphatic rings. The van der Waals surface area contributed by atoms with Crippen LogP contribution < -0.4 is 21.4 Å². The van der Waals surface area contributed by atoms with Gasteiger partial charge in [0, 0.05) is 38.3 Å². The van der Waals surface area contributed by atoms with Crippen molar-refractivity contribution in [1.29, 1.82) is 0 Å². The number of benzene rings is 1. The van der Waals surface area contributed by atoms with Crippen LogP contribution in [-0.2, 0) is 25.6 Å². The summed E-state index contributed by atoms with van der Waals surface area (Å²) in [5.41, 5.74) is 2.45. The topological polar surface area (TPSA) is 137 Å². The largest absolute Gasteiger partial charge is 0.357 e. The third-order valence-corrected chi connectivity index (χ3v) is 5.12. The molecule has 9 nitrogen and oxygen atoms in total. The Balaban J connectivity index is 2.87. The summed E-state index contributed by atoms with van der Waals surface area (Å²) in [5.74, 6) is -3.30. The zero-order valence-electron chi connectivity index (χ0n) is 18.4. The highest BCUT2D eigenvalue weighted by atomic mass is 16.5. The predicted molar refractivity (Wildman–Crippen MR) is 116 cm³/mol. The molecule has 172 valence electrons. The molecule has 0 unspecified atom stereocenters. The van der Waals surface area contributed by atoms with Crippen molar-refractivity contribution in [2.75, 3.05) is 13.6 Å². The Hall–Kier alpha value is -2.94. The van der Waals surface area contributed by atoms with E-state index < -0.39 is 29.7 Å². The molecule has 1 rings (SSSR count). The Labute approximate surface area is 183 Å². The maximum atomic E-state index is 13.0. The van der Waals surface area contributed by atoms with E-state index >= 15 is 0 Å². The van der Waals surface area contributed by atoms with Gasteiger partial charge in [0.15, 0.2) is 0 Å². The fourth-order valence-electron chi connectivity index (χ4n) is 3.24. The fourth-order valence-corrected chi connectivity index (χ4v) is 3.24. The van der Waals surface area contributed by atoms with Crippen molar-refractivity contribution in [1.82, 2.24) is 21.4 Å². The average Bonchev–Trinajstić information content (AvgIpc) is 2.79. The van der Waals surface area contributed by atoms with Crippen LogP contribution >= 0.6 is 0 Å². The minimum atomic E-state index is -0.842. The molecule has 31 heavy (non-hydrogen) atoms. The normalized spacial score (nSPS) is 13.4. The first-order valence-electron chi connectivity index (χ1n) is 10.6. The first-order valence-corrected chi connectivity index (χ1v) is 10.6. The van der Waals surface area contributed by atoms with E-state index in [1.54, 1.807) is 5.48 Å². The highest BCUT2D eigenvalue weighted by molar-refractivity contribution is 5.91. The van der Waals surface area contributed by atoms with Gasteiger partial charge in [0.1, 0.15) is 6.04 Å². The van der Waals surface area contributed by atoms with Crippen molar-refractivity contribution < 1.29 is 24.4 Å². The van der Waals surface area contributed by atoms with Gasteiger partial charge in [-0.05, 0) is 24.8 Å². The van der Waals surface area contributed by atoms with Crippen molar-refractivity contribution in [3.8, 4) is 0 Å². The molecule has 0 aliphatic carbocycles. The summed E-state index contributed by atoms with van der Waals surface area (Å²) < 4.78 is 0. The van der Waals surface area contributed by atoms with Gasteiger partial charge in [-0.2, -0.15) is 0 Å². The summed E-state index contributed by atoms with van der Waals surface area (Å²) in [6.45, 7) is 4.06. The quantitative estimate of drug-likeness (QED) is 0.232. The van der Waals surface area contributed by atoms with E-state index in [0.717, 1.165) is 12.0 Å². The first kappa shape index (κ1) is 26.1. The van der Waals surface area contributed by atoms with Gasteiger partial charge in [0.05, 0.1) is 0 Å². The third-order valence-electron chi connectivity index (χ3n) is 5.12. The van der Waals surface area contributed by atoms with Crippen LogP contribution in [0.4, 0.5) is 0 Å². The van der Waals surface area contributed by atoms with Crippen LogP contribution in [0.1, 0.15) is 45.1 Å². The molecule has 1 aromatic carbocycles. The number of hydrogen-bond donors (Lipinski definition) is 5. The summed E-state index contributed by atoms with van der Waals surface area (Å²) in [5, 5.41) is 17.0. The lowest BCUT2D eigenvalue weighted by Crippen LogP contribution is -2.50. The molecular formula is C22H34N4O5. The number of hydrogen-bond acceptors (Lipinski definition) is 5. The number of carbonyl (C=O) groups is 4. The minimum Gasteiger partial charge on any atom is -0.357 e. The van der Waals surface area contributed by atoms with Crippen molar-refractivity contribution in [3.05, 3.63) is 35.9 Å². The Morgan fingerprint density at radius 1 is 1.03 bits per heavy atom. The molecule has 5 N–H and O–H groups in total. The third kappa shape index (κ3) is 9.17. The smallest absolute Gasteiger partial charge is 0.246 e. The maximum absolute atomic E-state index is 13.0. The van der Waals surface area contributed by atoms with Gasteiger partial charge in [-0.3, -0.25) is 24.4 Å². The second-order valence-electron chi connectivity index (χ2n) is 7.48. The Kier molecular flexibility index (Phi) is 11.9. The van der Waals surface area contributed by atoms with Crippen molar-refractivity contribution in [3.63, 3.8) is 0 Å². The number of rotatable bonds is 13. The van der Waals surface area contributed by atoms with E-state index in [1.807, 2.05) is 37.3 Å². The zero-order valence-corrected chi connectivity index (χ0v) is 18.4. The number of amides is 4. The van der Waals surface area contributed by atoms with Crippen molar-refractivity contribution in [2.24, 2.45) is 11.8 Å². The van der Waals surface area contributed by atoms with Gasteiger partial charge < -0.3 is 16.0 Å². The molecule has 0 spiro atoms. The van der Waals surface area contributed by atoms with E-state index in [9.17, 15) is 19.2 Å². The number of hydroxylamine groups is 1. The fraction of sp³-hybridized carbons (Fsp3) is 0.545. The molecule has 3 atom stereocenters. The molecule has 0 radical (unpaired) electrons. The zero-order chi connectivity index (χ0) is 23.2. The SMILES string of the molecule is CCCNC(=O)CCC[C@@H](C(=O)N[C@@H](Cc1ccccc1)C(=O)NC)[C@H](C)C(=O)NO. The molecular weight excluding hydrogens is 400 g/mol. The molecule has 0 saturated heterocycles. The van der Waals surface area contributed by atoms with Crippen LogP contribution in [-0.4, -0.2) is 48.5 Å². The van der Waals surface area contributed by atoms with Gasteiger partial charge in [-0.1, -0.05) is 44.2 Å². The van der Waals surface area contributed by atoms with Crippen LogP contribution in [0.3, 0.4) is 0 Å². The van der Waals surface area contributed by atoms with E-state index in [0.29, 0.717) is 19.4 Å². The number of likely N-dealkylation sites (N-methyl/N-ethyl adjacent to an activating group) is 1. The molecule has 1 aromatic rings. The summed E-state index contributed by atoms with van der Waals surface area (Å²) in [6, 6.07) is 8.45. The Bertz CT molecular complexity index is 726. The van der Waals surface area contributed by atoms with E-state index in [1.165, 1.54) is 14.0 Å². The summed E-state index contributed by atoms with van der Waals surface area (Å²) in [6.07, 6.45) is 1.98. The second kappa shape index (κ2) is 14.1. The monoisotopic (exact) mass is 434 g/mol. The molecule has 0 bridgehead atoms. The molecule has 9 heteroatoms. The number of carbonyl (C=O) groups excluding carboxylic acids is 4. The lowest BCUT2D eigenvalue weighted by molar-refractivity contribution is -0.140. The highest BCUT2D eigenvalue weighted by Crippen LogP contribution is 2.20. The van der Waals surface area contributed by atoms with E-state index in [-0.39, 0.29) is 24.7 Å². The van der Waals surface area contributed by atoms with Gasteiger partial charge in [-0.25, -0.2) is 5.48 Å². The van der Waals surface area contributed by atoms with E-state index in [2.05, 4.69) is 16.0 Å². The summed E-state index contributed by atoms with van der Waals surface area (Å²) in [4.78, 5) is 49.2. The molecule has 0 aromatic heterocycles. The second-order valence-corrected chi connectivity index (χ2v) is 7.48. The van der Waals surface area contributed by atoms with Crippen molar-refractivity contribution in [2.45, 2.75) is 52.0 Å². The highest BCUT2D eigenvalue weighted by Gasteiger charge is 2.32. The number of nitrogens with one attached hydrogen (secondary N) is 4. The molecule has 4 amide bonds. The molecule has 0 aliphatic heterocycles. The van der Waals surface area contributed by atoms with E-state index in [4.69, 9.17) is 5.21 Å². The maximum Gasteiger partial charge on any atom is 0.246 e. The first-order chi connectivity index (χ1) is 14.8. The molecule has 0 heterocycles. The summed E-state index contributed by atoms with van der Waals surface area (Å²) >= 11 is 0. The van der Waals surface area contributed by atoms with Crippen LogP contribution in [0, 0.1) is 11.8 Å². The lowest BCUT2D eigenvalue weighted by Gasteiger charge is -2.25. The van der Waals surface area contributed by atoms with Gasteiger partial charge in [-0.15, -0.1) is 0 Å². The van der Waals surface area contributed by atoms with Gasteiger partial charge >= 0.3 is 0 Å². The van der Waals surface area contributed by atoms with Gasteiger partial charge in [0.2, 0.25) is 23.6 Å². The summed E-state index contributed by atoms with van der Waals surface area (Å²) in [7, 11) is 1.49. The average molecular weight is 435 g/mol. The van der Waals surface area contributed by atoms with Crippen molar-refractivity contribution >= 4 is 23.6 Å². The standard InChI is InChI=1S/C22H34N4O5/c1-4-13-24-19(27)12-8-11-17(15(2)20(28)26-31)21(29)25-18(22(30)23-3)14-16-9-6-5-7-10-16/h5-7,9-10,15,17-18,31H,4,8,11-14H2,1-3H3,(H,23,30)(H,24,27)(H,25,29)(H,26,28)/t15-,17+,18-/m0/s1. The Morgan fingerprint density at radius 2 is 1.71 bits per heavy atom. The molecule has 0 fully saturated rings. The predicted octanol–water partition coefficient (Wildman–Crippen LogP) is 0.914. The van der Waals surface area contributed by atoms with Crippen LogP contribution in [0.15, 0.2) is 30.3 Å². The lowest BCUT2D eigenvalue weighted by atomic mass is 9.87. The van der Waals surface area contributed by atoms with Crippen LogP contribution in [0.5, 0.6) is 0 Å².